The number of aryl methyl sites for hydroxylation is 1. The van der Waals surface area contributed by atoms with Crippen molar-refractivity contribution in [3.05, 3.63) is 45.1 Å². The van der Waals surface area contributed by atoms with Crippen molar-refractivity contribution < 1.29 is 22.7 Å². The van der Waals surface area contributed by atoms with Crippen LogP contribution in [0, 0.1) is 0 Å². The molecule has 10 nitrogen and oxygen atoms in total. The number of hydrogen-bond acceptors (Lipinski definition) is 7. The van der Waals surface area contributed by atoms with Gasteiger partial charge in [0.15, 0.2) is 0 Å². The number of benzene rings is 1. The van der Waals surface area contributed by atoms with Gasteiger partial charge in [-0.15, -0.1) is 18.3 Å². The van der Waals surface area contributed by atoms with E-state index in [1.54, 1.807) is 4.90 Å². The number of carbonyl (C=O) groups is 1. The average Bonchev–Trinajstić information content (AvgIpc) is 2.70. The van der Waals surface area contributed by atoms with E-state index in [4.69, 9.17) is 0 Å². The number of ether oxygens (including phenoxy) is 1. The van der Waals surface area contributed by atoms with Crippen LogP contribution in [0.5, 0.6) is 5.75 Å². The molecule has 0 unspecified atom stereocenters. The molecule has 1 aliphatic heterocycles. The maximum atomic E-state index is 12.3. The van der Waals surface area contributed by atoms with Crippen molar-refractivity contribution in [2.45, 2.75) is 6.36 Å². The zero-order valence-electron chi connectivity index (χ0n) is 16.8. The highest BCUT2D eigenvalue weighted by molar-refractivity contribution is 5.92. The number of carbonyl (C=O) groups excluding carboxylic acids is 1. The lowest BCUT2D eigenvalue weighted by Crippen LogP contribution is -2.52. The Labute approximate surface area is 174 Å². The first-order valence-corrected chi connectivity index (χ1v) is 9.31. The van der Waals surface area contributed by atoms with Crippen LogP contribution in [-0.4, -0.2) is 64.2 Å². The van der Waals surface area contributed by atoms with E-state index in [-0.39, 0.29) is 24.0 Å². The van der Waals surface area contributed by atoms with Crippen LogP contribution in [0.3, 0.4) is 0 Å². The molecule has 1 fully saturated rings. The van der Waals surface area contributed by atoms with Crippen molar-refractivity contribution in [2.24, 2.45) is 14.1 Å². The van der Waals surface area contributed by atoms with Gasteiger partial charge in [-0.2, -0.15) is 0 Å². The SMILES string of the molecule is Cn1nc(N2CCN(CC(=O)Nc3ccc(OC(F)(F)F)cc3)CC2)c(=O)n(C)c1=O. The van der Waals surface area contributed by atoms with Gasteiger partial charge in [0.1, 0.15) is 5.75 Å². The van der Waals surface area contributed by atoms with Crippen molar-refractivity contribution in [1.82, 2.24) is 19.2 Å². The Hall–Kier alpha value is -3.35. The topological polar surface area (TPSA) is 102 Å². The molecule has 3 rings (SSSR count). The molecule has 1 saturated heterocycles. The number of alkyl halides is 3. The smallest absolute Gasteiger partial charge is 0.406 e. The van der Waals surface area contributed by atoms with Gasteiger partial charge in [-0.3, -0.25) is 19.1 Å². The number of hydrogen-bond donors (Lipinski definition) is 1. The Morgan fingerprint density at radius 1 is 1.10 bits per heavy atom. The fourth-order valence-corrected chi connectivity index (χ4v) is 3.14. The quantitative estimate of drug-likeness (QED) is 0.703. The number of halogens is 3. The van der Waals surface area contributed by atoms with E-state index in [0.717, 1.165) is 21.4 Å². The predicted octanol–water partition coefficient (Wildman–Crippen LogP) is 0.138. The van der Waals surface area contributed by atoms with Gasteiger partial charge in [0.2, 0.25) is 11.7 Å². The third kappa shape index (κ3) is 5.63. The molecule has 2 heterocycles. The third-order valence-electron chi connectivity index (χ3n) is 4.72. The van der Waals surface area contributed by atoms with E-state index >= 15 is 0 Å². The lowest BCUT2D eigenvalue weighted by atomic mass is 10.3. The molecule has 0 spiro atoms. The molecule has 1 aromatic heterocycles. The average molecular weight is 442 g/mol. The molecule has 1 N–H and O–H groups in total. The molecule has 1 aliphatic rings. The Balaban J connectivity index is 1.53. The number of rotatable bonds is 5. The lowest BCUT2D eigenvalue weighted by Gasteiger charge is -2.34. The largest absolute Gasteiger partial charge is 0.573 e. The second kappa shape index (κ2) is 8.79. The van der Waals surface area contributed by atoms with E-state index in [1.807, 2.05) is 4.90 Å². The summed E-state index contributed by atoms with van der Waals surface area (Å²) in [5.41, 5.74) is -0.648. The number of nitrogens with zero attached hydrogens (tertiary/aromatic N) is 5. The van der Waals surface area contributed by atoms with E-state index in [0.29, 0.717) is 31.9 Å². The minimum atomic E-state index is -4.78. The van der Waals surface area contributed by atoms with Crippen LogP contribution < -0.4 is 26.2 Å². The predicted molar refractivity (Wildman–Crippen MR) is 105 cm³/mol. The first-order chi connectivity index (χ1) is 14.5. The second-order valence-electron chi connectivity index (χ2n) is 6.98. The van der Waals surface area contributed by atoms with Crippen molar-refractivity contribution in [3.8, 4) is 5.75 Å². The third-order valence-corrected chi connectivity index (χ3v) is 4.72. The molecule has 2 aromatic rings. The van der Waals surface area contributed by atoms with Gasteiger partial charge < -0.3 is 15.0 Å². The van der Waals surface area contributed by atoms with Crippen molar-refractivity contribution in [2.75, 3.05) is 42.9 Å². The van der Waals surface area contributed by atoms with Crippen LogP contribution in [0.25, 0.3) is 0 Å². The van der Waals surface area contributed by atoms with Gasteiger partial charge in [0.25, 0.3) is 5.56 Å². The molecular weight excluding hydrogens is 421 g/mol. The summed E-state index contributed by atoms with van der Waals surface area (Å²) < 4.78 is 42.4. The van der Waals surface area contributed by atoms with E-state index in [9.17, 15) is 27.6 Å². The fraction of sp³-hybridized carbons (Fsp3) is 0.444. The molecule has 1 amide bonds. The molecule has 1 aromatic carbocycles. The number of nitrogens with one attached hydrogen (secondary N) is 1. The van der Waals surface area contributed by atoms with Crippen LogP contribution in [-0.2, 0) is 18.9 Å². The summed E-state index contributed by atoms with van der Waals surface area (Å²) in [6.07, 6.45) is -4.78. The van der Waals surface area contributed by atoms with Gasteiger partial charge in [0, 0.05) is 46.0 Å². The van der Waals surface area contributed by atoms with Gasteiger partial charge in [-0.05, 0) is 24.3 Å². The number of amides is 1. The maximum absolute atomic E-state index is 12.3. The molecule has 0 radical (unpaired) electrons. The van der Waals surface area contributed by atoms with Crippen LogP contribution in [0.4, 0.5) is 24.7 Å². The van der Waals surface area contributed by atoms with E-state index in [1.165, 1.54) is 26.2 Å². The highest BCUT2D eigenvalue weighted by Gasteiger charge is 2.31. The lowest BCUT2D eigenvalue weighted by molar-refractivity contribution is -0.274. The van der Waals surface area contributed by atoms with Crippen LogP contribution in [0.2, 0.25) is 0 Å². The van der Waals surface area contributed by atoms with Gasteiger partial charge in [0.05, 0.1) is 6.54 Å². The molecule has 31 heavy (non-hydrogen) atoms. The summed E-state index contributed by atoms with van der Waals surface area (Å²) in [6.45, 7) is 1.93. The molecule has 13 heteroatoms. The minimum absolute atomic E-state index is 0.0767. The minimum Gasteiger partial charge on any atom is -0.406 e. The Bertz CT molecular complexity index is 1060. The summed E-state index contributed by atoms with van der Waals surface area (Å²) in [4.78, 5) is 39.9. The zero-order valence-corrected chi connectivity index (χ0v) is 16.8. The maximum Gasteiger partial charge on any atom is 0.573 e. The molecular formula is C18H21F3N6O4. The summed E-state index contributed by atoms with van der Waals surface area (Å²) in [7, 11) is 2.85. The first-order valence-electron chi connectivity index (χ1n) is 9.31. The summed E-state index contributed by atoms with van der Waals surface area (Å²) in [5.74, 6) is -0.524. The zero-order chi connectivity index (χ0) is 22.8. The second-order valence-corrected chi connectivity index (χ2v) is 6.98. The van der Waals surface area contributed by atoms with Gasteiger partial charge >= 0.3 is 12.1 Å². The molecule has 0 saturated carbocycles. The van der Waals surface area contributed by atoms with E-state index in [2.05, 4.69) is 15.2 Å². The summed E-state index contributed by atoms with van der Waals surface area (Å²) in [6, 6.07) is 4.86. The molecule has 168 valence electrons. The molecule has 0 bridgehead atoms. The monoisotopic (exact) mass is 442 g/mol. The number of aromatic nitrogens is 3. The summed E-state index contributed by atoms with van der Waals surface area (Å²) in [5, 5.41) is 6.66. The van der Waals surface area contributed by atoms with Crippen LogP contribution in [0.1, 0.15) is 0 Å². The standard InChI is InChI=1S/C18H21F3N6O4/c1-24-16(29)15(23-25(2)17(24)30)27-9-7-26(8-10-27)11-14(28)22-12-3-5-13(6-4-12)31-18(19,20)21/h3-6H,7-11H2,1-2H3,(H,22,28). The Morgan fingerprint density at radius 2 is 1.71 bits per heavy atom. The fourth-order valence-electron chi connectivity index (χ4n) is 3.14. The molecule has 0 atom stereocenters. The Kier molecular flexibility index (Phi) is 6.34. The van der Waals surface area contributed by atoms with Crippen molar-refractivity contribution in [1.29, 1.82) is 0 Å². The van der Waals surface area contributed by atoms with Crippen LogP contribution in [0.15, 0.2) is 33.9 Å². The van der Waals surface area contributed by atoms with Gasteiger partial charge in [-0.1, -0.05) is 0 Å². The highest BCUT2D eigenvalue weighted by atomic mass is 19.4. The Morgan fingerprint density at radius 3 is 2.29 bits per heavy atom. The first kappa shape index (κ1) is 22.3. The molecule has 0 aliphatic carbocycles. The van der Waals surface area contributed by atoms with Crippen LogP contribution >= 0.6 is 0 Å². The normalized spacial score (nSPS) is 15.1. The number of anilines is 2. The highest BCUT2D eigenvalue weighted by Crippen LogP contribution is 2.24. The van der Waals surface area contributed by atoms with Gasteiger partial charge in [-0.25, -0.2) is 9.48 Å². The number of piperazine rings is 1. The van der Waals surface area contributed by atoms with E-state index < -0.39 is 17.6 Å². The summed E-state index contributed by atoms with van der Waals surface area (Å²) >= 11 is 0. The van der Waals surface area contributed by atoms with Crippen molar-refractivity contribution in [3.63, 3.8) is 0 Å². The van der Waals surface area contributed by atoms with Crippen molar-refractivity contribution >= 4 is 17.4 Å².